The van der Waals surface area contributed by atoms with Crippen LogP contribution in [0.1, 0.15) is 5.82 Å². The molecule has 0 radical (unpaired) electrons. The Balaban J connectivity index is 1.89. The first kappa shape index (κ1) is 17.0. The maximum Gasteiger partial charge on any atom is 0.149 e. The third-order valence-electron chi connectivity index (χ3n) is 3.25. The van der Waals surface area contributed by atoms with E-state index in [2.05, 4.69) is 20.6 Å². The number of anilines is 4. The summed E-state index contributed by atoms with van der Waals surface area (Å²) in [6.45, 7) is 1.63. The van der Waals surface area contributed by atoms with Crippen LogP contribution in [-0.4, -0.2) is 9.97 Å². The monoisotopic (exact) mass is 364 g/mol. The van der Waals surface area contributed by atoms with E-state index in [4.69, 9.17) is 11.6 Å². The summed E-state index contributed by atoms with van der Waals surface area (Å²) in [6, 6.07) is 9.12. The molecule has 0 saturated carbocycles. The average molecular weight is 365 g/mol. The largest absolute Gasteiger partial charge is 0.340 e. The number of aromatic nitrogens is 2. The molecule has 0 spiro atoms. The van der Waals surface area contributed by atoms with E-state index in [9.17, 15) is 13.2 Å². The fraction of sp³-hybridized carbons (Fsp3) is 0.0588. The minimum atomic E-state index is -0.740. The number of halogens is 4. The van der Waals surface area contributed by atoms with Crippen molar-refractivity contribution in [2.24, 2.45) is 0 Å². The van der Waals surface area contributed by atoms with Gasteiger partial charge < -0.3 is 10.6 Å². The summed E-state index contributed by atoms with van der Waals surface area (Å²) in [6.07, 6.45) is 0. The van der Waals surface area contributed by atoms with Gasteiger partial charge in [0, 0.05) is 11.8 Å². The number of para-hydroxylation sites is 1. The molecule has 0 aliphatic carbocycles. The van der Waals surface area contributed by atoms with Crippen molar-refractivity contribution in [3.8, 4) is 0 Å². The summed E-state index contributed by atoms with van der Waals surface area (Å²) in [5.74, 6) is -1.09. The van der Waals surface area contributed by atoms with Gasteiger partial charge in [0.15, 0.2) is 0 Å². The molecule has 1 heterocycles. The molecule has 3 aromatic rings. The van der Waals surface area contributed by atoms with E-state index in [1.807, 2.05) is 0 Å². The van der Waals surface area contributed by atoms with Gasteiger partial charge in [0.1, 0.15) is 40.6 Å². The SMILES string of the molecule is Cc1nc(Nc2ccc(F)c(Cl)c2)cc(Nc2c(F)cccc2F)n1. The zero-order chi connectivity index (χ0) is 18.0. The van der Waals surface area contributed by atoms with Crippen molar-refractivity contribution in [1.29, 1.82) is 0 Å². The summed E-state index contributed by atoms with van der Waals surface area (Å²) in [7, 11) is 0. The second kappa shape index (κ2) is 6.98. The fourth-order valence-corrected chi connectivity index (χ4v) is 2.34. The van der Waals surface area contributed by atoms with Crippen molar-refractivity contribution < 1.29 is 13.2 Å². The molecule has 4 nitrogen and oxygen atoms in total. The highest BCUT2D eigenvalue weighted by atomic mass is 35.5. The lowest BCUT2D eigenvalue weighted by atomic mass is 10.3. The Bertz CT molecular complexity index is 914. The van der Waals surface area contributed by atoms with Crippen LogP contribution < -0.4 is 10.6 Å². The van der Waals surface area contributed by atoms with E-state index >= 15 is 0 Å². The highest BCUT2D eigenvalue weighted by Gasteiger charge is 2.11. The van der Waals surface area contributed by atoms with Gasteiger partial charge in [-0.1, -0.05) is 17.7 Å². The number of nitrogens with zero attached hydrogens (tertiary/aromatic N) is 2. The Kier molecular flexibility index (Phi) is 4.76. The predicted octanol–water partition coefficient (Wildman–Crippen LogP) is 5.34. The van der Waals surface area contributed by atoms with E-state index in [0.717, 1.165) is 12.1 Å². The molecule has 0 aliphatic heterocycles. The molecule has 2 N–H and O–H groups in total. The lowest BCUT2D eigenvalue weighted by molar-refractivity contribution is 0.590. The molecule has 0 saturated heterocycles. The van der Waals surface area contributed by atoms with Gasteiger partial charge in [-0.3, -0.25) is 0 Å². The van der Waals surface area contributed by atoms with Crippen molar-refractivity contribution >= 4 is 34.6 Å². The van der Waals surface area contributed by atoms with Crippen LogP contribution in [0.15, 0.2) is 42.5 Å². The van der Waals surface area contributed by atoms with Crippen molar-refractivity contribution in [2.75, 3.05) is 10.6 Å². The quantitative estimate of drug-likeness (QED) is 0.655. The second-order valence-electron chi connectivity index (χ2n) is 5.16. The van der Waals surface area contributed by atoms with E-state index < -0.39 is 17.5 Å². The number of rotatable bonds is 4. The minimum Gasteiger partial charge on any atom is -0.340 e. The molecule has 8 heteroatoms. The van der Waals surface area contributed by atoms with E-state index in [1.54, 1.807) is 6.92 Å². The van der Waals surface area contributed by atoms with Crippen LogP contribution in [0.3, 0.4) is 0 Å². The van der Waals surface area contributed by atoms with Gasteiger partial charge in [0.2, 0.25) is 0 Å². The van der Waals surface area contributed by atoms with Crippen molar-refractivity contribution in [2.45, 2.75) is 6.92 Å². The first-order valence-electron chi connectivity index (χ1n) is 7.21. The molecule has 0 atom stereocenters. The van der Waals surface area contributed by atoms with E-state index in [1.165, 1.54) is 30.3 Å². The Morgan fingerprint density at radius 2 is 1.48 bits per heavy atom. The van der Waals surface area contributed by atoms with Crippen LogP contribution in [0.4, 0.5) is 36.2 Å². The molecule has 25 heavy (non-hydrogen) atoms. The summed E-state index contributed by atoms with van der Waals surface area (Å²) in [5.41, 5.74) is 0.198. The van der Waals surface area contributed by atoms with Gasteiger partial charge in [-0.2, -0.15) is 0 Å². The van der Waals surface area contributed by atoms with Gasteiger partial charge in [0.25, 0.3) is 0 Å². The summed E-state index contributed by atoms with van der Waals surface area (Å²) in [4.78, 5) is 8.28. The first-order chi connectivity index (χ1) is 11.9. The molecule has 0 aliphatic rings. The van der Waals surface area contributed by atoms with Gasteiger partial charge in [-0.05, 0) is 37.3 Å². The molecule has 128 valence electrons. The Labute approximate surface area is 146 Å². The molecule has 0 unspecified atom stereocenters. The minimum absolute atomic E-state index is 0.0393. The van der Waals surface area contributed by atoms with Gasteiger partial charge in [-0.25, -0.2) is 23.1 Å². The number of hydrogen-bond donors (Lipinski definition) is 2. The molecule has 2 aromatic carbocycles. The zero-order valence-corrected chi connectivity index (χ0v) is 13.7. The van der Waals surface area contributed by atoms with Crippen LogP contribution in [-0.2, 0) is 0 Å². The molecule has 0 fully saturated rings. The fourth-order valence-electron chi connectivity index (χ4n) is 2.16. The van der Waals surface area contributed by atoms with Crippen LogP contribution in [0.2, 0.25) is 5.02 Å². The summed E-state index contributed by atoms with van der Waals surface area (Å²) >= 11 is 5.74. The van der Waals surface area contributed by atoms with Crippen LogP contribution in [0.25, 0.3) is 0 Å². The maximum absolute atomic E-state index is 13.8. The average Bonchev–Trinajstić information content (AvgIpc) is 2.54. The summed E-state index contributed by atoms with van der Waals surface area (Å²) in [5, 5.41) is 5.50. The smallest absolute Gasteiger partial charge is 0.149 e. The van der Waals surface area contributed by atoms with E-state index in [0.29, 0.717) is 17.3 Å². The lowest BCUT2D eigenvalue weighted by Crippen LogP contribution is -2.03. The predicted molar refractivity (Wildman–Crippen MR) is 91.1 cm³/mol. The number of aryl methyl sites for hydroxylation is 1. The normalized spacial score (nSPS) is 10.6. The van der Waals surface area contributed by atoms with Crippen molar-refractivity contribution in [3.63, 3.8) is 0 Å². The highest BCUT2D eigenvalue weighted by molar-refractivity contribution is 6.31. The third kappa shape index (κ3) is 4.00. The van der Waals surface area contributed by atoms with E-state index in [-0.39, 0.29) is 16.5 Å². The zero-order valence-electron chi connectivity index (χ0n) is 12.9. The van der Waals surface area contributed by atoms with Gasteiger partial charge in [-0.15, -0.1) is 0 Å². The van der Waals surface area contributed by atoms with Gasteiger partial charge >= 0.3 is 0 Å². The molecule has 0 bridgehead atoms. The third-order valence-corrected chi connectivity index (χ3v) is 3.54. The molecular weight excluding hydrogens is 353 g/mol. The van der Waals surface area contributed by atoms with Gasteiger partial charge in [0.05, 0.1) is 5.02 Å². The highest BCUT2D eigenvalue weighted by Crippen LogP contribution is 2.26. The molecular formula is C17H12ClF3N4. The standard InChI is InChI=1S/C17H12ClF3N4/c1-9-22-15(24-10-5-6-12(19)11(18)7-10)8-16(23-9)25-17-13(20)3-2-4-14(17)21/h2-8H,1H3,(H2,22,23,24,25). The first-order valence-corrected chi connectivity index (χ1v) is 7.59. The van der Waals surface area contributed by atoms with Crippen LogP contribution in [0, 0.1) is 24.4 Å². The Hall–Kier alpha value is -2.80. The van der Waals surface area contributed by atoms with Crippen molar-refractivity contribution in [1.82, 2.24) is 9.97 Å². The number of hydrogen-bond acceptors (Lipinski definition) is 4. The maximum atomic E-state index is 13.8. The Morgan fingerprint density at radius 3 is 2.12 bits per heavy atom. The second-order valence-corrected chi connectivity index (χ2v) is 5.57. The number of nitrogens with one attached hydrogen (secondary N) is 2. The lowest BCUT2D eigenvalue weighted by Gasteiger charge is -2.11. The molecule has 3 rings (SSSR count). The van der Waals surface area contributed by atoms with Crippen LogP contribution >= 0.6 is 11.6 Å². The van der Waals surface area contributed by atoms with Crippen LogP contribution in [0.5, 0.6) is 0 Å². The van der Waals surface area contributed by atoms with Crippen molar-refractivity contribution in [3.05, 3.63) is 70.8 Å². The molecule has 1 aromatic heterocycles. The topological polar surface area (TPSA) is 49.8 Å². The summed E-state index contributed by atoms with van der Waals surface area (Å²) < 4.78 is 40.7. The Morgan fingerprint density at radius 1 is 0.840 bits per heavy atom. The number of benzene rings is 2. The molecule has 0 amide bonds.